The number of amides is 1. The Morgan fingerprint density at radius 3 is 2.63 bits per heavy atom. The summed E-state index contributed by atoms with van der Waals surface area (Å²) in [5.74, 6) is 0.827. The largest absolute Gasteiger partial charge is 0.496 e. The van der Waals surface area contributed by atoms with Crippen LogP contribution in [0.25, 0.3) is 0 Å². The summed E-state index contributed by atoms with van der Waals surface area (Å²) in [4.78, 5) is 13.2. The van der Waals surface area contributed by atoms with E-state index in [1.807, 2.05) is 31.2 Å². The zero-order valence-electron chi connectivity index (χ0n) is 11.9. The van der Waals surface area contributed by atoms with E-state index >= 15 is 0 Å². The molecule has 1 aromatic rings. The number of likely N-dealkylation sites (N-methyl/N-ethyl adjacent to an activating group) is 1. The first-order chi connectivity index (χ1) is 9.10. The highest BCUT2D eigenvalue weighted by Crippen LogP contribution is 2.20. The van der Waals surface area contributed by atoms with E-state index in [1.54, 1.807) is 19.1 Å². The smallest absolute Gasteiger partial charge is 0.411 e. The molecule has 0 heterocycles. The molecule has 0 spiro atoms. The normalized spacial score (nSPS) is 11.8. The van der Waals surface area contributed by atoms with Gasteiger partial charge >= 0.3 is 6.09 Å². The lowest BCUT2D eigenvalue weighted by Crippen LogP contribution is -2.37. The number of para-hydroxylation sites is 1. The highest BCUT2D eigenvalue weighted by molar-refractivity contribution is 5.67. The quantitative estimate of drug-likeness (QED) is 0.742. The lowest BCUT2D eigenvalue weighted by atomic mass is 10.1. The van der Waals surface area contributed by atoms with Crippen LogP contribution in [0.2, 0.25) is 0 Å². The number of benzene rings is 1. The predicted octanol–water partition coefficient (Wildman–Crippen LogP) is 2.30. The van der Waals surface area contributed by atoms with Crippen molar-refractivity contribution in [2.45, 2.75) is 19.4 Å². The molecule has 5 heteroatoms. The molecule has 19 heavy (non-hydrogen) atoms. The number of hydrogen-bond donors (Lipinski definition) is 0. The van der Waals surface area contributed by atoms with E-state index in [-0.39, 0.29) is 12.8 Å². The van der Waals surface area contributed by atoms with Gasteiger partial charge in [-0.1, -0.05) is 18.2 Å². The molecule has 1 aromatic carbocycles. The maximum absolute atomic E-state index is 11.7. The first-order valence-corrected chi connectivity index (χ1v) is 6.10. The Hall–Kier alpha value is -1.75. The lowest BCUT2D eigenvalue weighted by molar-refractivity contribution is -0.00528. The standard InChI is InChI=1S/C14H21NO4/c1-11(15(2)14(16)19-10-17-3)9-12-7-5-6-8-13(12)18-4/h5-8,11H,9-10H2,1-4H3. The van der Waals surface area contributed by atoms with Gasteiger partial charge in [0.15, 0.2) is 6.79 Å². The maximum Gasteiger partial charge on any atom is 0.411 e. The number of nitrogens with zero attached hydrogens (tertiary/aromatic N) is 1. The predicted molar refractivity (Wildman–Crippen MR) is 72.3 cm³/mol. The lowest BCUT2D eigenvalue weighted by Gasteiger charge is -2.24. The van der Waals surface area contributed by atoms with Crippen molar-refractivity contribution in [3.63, 3.8) is 0 Å². The minimum atomic E-state index is -0.399. The molecule has 0 aliphatic rings. The average molecular weight is 267 g/mol. The second-order valence-electron chi connectivity index (χ2n) is 4.29. The third-order valence-corrected chi connectivity index (χ3v) is 2.96. The van der Waals surface area contributed by atoms with E-state index in [4.69, 9.17) is 14.2 Å². The fourth-order valence-corrected chi connectivity index (χ4v) is 1.72. The van der Waals surface area contributed by atoms with E-state index in [2.05, 4.69) is 0 Å². The number of hydrogen-bond acceptors (Lipinski definition) is 4. The Bertz CT molecular complexity index is 408. The minimum Gasteiger partial charge on any atom is -0.496 e. The van der Waals surface area contributed by atoms with Crippen LogP contribution in [0.1, 0.15) is 12.5 Å². The van der Waals surface area contributed by atoms with Crippen molar-refractivity contribution in [3.8, 4) is 5.75 Å². The van der Waals surface area contributed by atoms with Gasteiger partial charge in [-0.05, 0) is 25.0 Å². The number of rotatable bonds is 6. The Morgan fingerprint density at radius 1 is 1.32 bits per heavy atom. The summed E-state index contributed by atoms with van der Waals surface area (Å²) in [6, 6.07) is 7.77. The average Bonchev–Trinajstić information content (AvgIpc) is 2.44. The number of ether oxygens (including phenoxy) is 3. The summed E-state index contributed by atoms with van der Waals surface area (Å²) in [6.45, 7) is 1.92. The Kier molecular flexibility index (Phi) is 6.15. The van der Waals surface area contributed by atoms with Crippen molar-refractivity contribution in [3.05, 3.63) is 29.8 Å². The van der Waals surface area contributed by atoms with Crippen molar-refractivity contribution in [1.82, 2.24) is 4.90 Å². The van der Waals surface area contributed by atoms with Gasteiger partial charge in [0.1, 0.15) is 5.75 Å². The molecule has 1 amide bonds. The zero-order valence-corrected chi connectivity index (χ0v) is 11.9. The zero-order chi connectivity index (χ0) is 14.3. The topological polar surface area (TPSA) is 48.0 Å². The fourth-order valence-electron chi connectivity index (χ4n) is 1.72. The van der Waals surface area contributed by atoms with E-state index in [0.29, 0.717) is 6.42 Å². The van der Waals surface area contributed by atoms with Gasteiger partial charge in [0.25, 0.3) is 0 Å². The van der Waals surface area contributed by atoms with E-state index in [0.717, 1.165) is 11.3 Å². The maximum atomic E-state index is 11.7. The summed E-state index contributed by atoms with van der Waals surface area (Å²) in [7, 11) is 4.82. The summed E-state index contributed by atoms with van der Waals surface area (Å²) >= 11 is 0. The minimum absolute atomic E-state index is 0.000608. The molecule has 0 bridgehead atoms. The molecule has 0 aliphatic heterocycles. The highest BCUT2D eigenvalue weighted by atomic mass is 16.7. The van der Waals surface area contributed by atoms with E-state index < -0.39 is 6.09 Å². The molecule has 0 radical (unpaired) electrons. The van der Waals surface area contributed by atoms with Crippen molar-refractivity contribution in [2.24, 2.45) is 0 Å². The van der Waals surface area contributed by atoms with Gasteiger partial charge in [-0.25, -0.2) is 4.79 Å². The molecule has 1 rings (SSSR count). The number of carbonyl (C=O) groups excluding carboxylic acids is 1. The fraction of sp³-hybridized carbons (Fsp3) is 0.500. The van der Waals surface area contributed by atoms with Crippen molar-refractivity contribution in [1.29, 1.82) is 0 Å². The van der Waals surface area contributed by atoms with Crippen LogP contribution in [0, 0.1) is 0 Å². The first-order valence-electron chi connectivity index (χ1n) is 6.10. The SMILES string of the molecule is COCOC(=O)N(C)C(C)Cc1ccccc1OC. The Balaban J connectivity index is 2.63. The molecule has 1 unspecified atom stereocenters. The highest BCUT2D eigenvalue weighted by Gasteiger charge is 2.18. The molecule has 0 saturated heterocycles. The molecule has 1 atom stereocenters. The summed E-state index contributed by atoms with van der Waals surface area (Å²) in [6.07, 6.45) is 0.298. The number of methoxy groups -OCH3 is 2. The van der Waals surface area contributed by atoms with Gasteiger partial charge < -0.3 is 19.1 Å². The summed E-state index contributed by atoms with van der Waals surface area (Å²) in [5, 5.41) is 0. The summed E-state index contributed by atoms with van der Waals surface area (Å²) < 4.78 is 14.9. The molecular formula is C14H21NO4. The van der Waals surface area contributed by atoms with Crippen LogP contribution in [-0.2, 0) is 15.9 Å². The monoisotopic (exact) mass is 267 g/mol. The van der Waals surface area contributed by atoms with Gasteiger partial charge in [-0.2, -0.15) is 0 Å². The van der Waals surface area contributed by atoms with Crippen LogP contribution in [0.15, 0.2) is 24.3 Å². The third-order valence-electron chi connectivity index (χ3n) is 2.96. The molecule has 0 fully saturated rings. The molecular weight excluding hydrogens is 246 g/mol. The first kappa shape index (κ1) is 15.3. The second-order valence-corrected chi connectivity index (χ2v) is 4.29. The summed E-state index contributed by atoms with van der Waals surface area (Å²) in [5.41, 5.74) is 1.06. The Morgan fingerprint density at radius 2 is 2.00 bits per heavy atom. The Labute approximate surface area is 114 Å². The van der Waals surface area contributed by atoms with Crippen LogP contribution in [0.5, 0.6) is 5.75 Å². The van der Waals surface area contributed by atoms with Crippen LogP contribution in [-0.4, -0.2) is 45.1 Å². The van der Waals surface area contributed by atoms with Crippen molar-refractivity contribution in [2.75, 3.05) is 28.1 Å². The van der Waals surface area contributed by atoms with Crippen molar-refractivity contribution >= 4 is 6.09 Å². The van der Waals surface area contributed by atoms with Gasteiger partial charge in [0.05, 0.1) is 7.11 Å². The van der Waals surface area contributed by atoms with Gasteiger partial charge in [-0.3, -0.25) is 0 Å². The van der Waals surface area contributed by atoms with Crippen molar-refractivity contribution < 1.29 is 19.0 Å². The molecule has 5 nitrogen and oxygen atoms in total. The van der Waals surface area contributed by atoms with E-state index in [9.17, 15) is 4.79 Å². The molecule has 106 valence electrons. The number of carbonyl (C=O) groups is 1. The van der Waals surface area contributed by atoms with Gasteiger partial charge in [-0.15, -0.1) is 0 Å². The van der Waals surface area contributed by atoms with E-state index in [1.165, 1.54) is 7.11 Å². The van der Waals surface area contributed by atoms with Gasteiger partial charge in [0.2, 0.25) is 0 Å². The molecule has 0 aromatic heterocycles. The second kappa shape index (κ2) is 7.63. The third kappa shape index (κ3) is 4.44. The molecule has 0 saturated carbocycles. The van der Waals surface area contributed by atoms with Crippen LogP contribution < -0.4 is 4.74 Å². The molecule has 0 aliphatic carbocycles. The van der Waals surface area contributed by atoms with Crippen LogP contribution >= 0.6 is 0 Å². The van der Waals surface area contributed by atoms with Crippen LogP contribution in [0.4, 0.5) is 4.79 Å². The van der Waals surface area contributed by atoms with Gasteiger partial charge in [0, 0.05) is 20.2 Å². The van der Waals surface area contributed by atoms with Crippen LogP contribution in [0.3, 0.4) is 0 Å². The molecule has 0 N–H and O–H groups in total.